The predicted molar refractivity (Wildman–Crippen MR) is 125 cm³/mol. The number of nitrogens with zero attached hydrogens (tertiary/aromatic N) is 2. The second-order valence-corrected chi connectivity index (χ2v) is 7.26. The van der Waals surface area contributed by atoms with Crippen LogP contribution in [0.15, 0.2) is 85.1 Å². The molecule has 0 atom stereocenters. The van der Waals surface area contributed by atoms with Gasteiger partial charge in [0.15, 0.2) is 11.6 Å². The normalized spacial score (nSPS) is 10.9. The Labute approximate surface area is 179 Å². The number of rotatable bonds is 5. The number of nitrogens with one attached hydrogen (secondary N) is 2. The van der Waals surface area contributed by atoms with Gasteiger partial charge in [0.1, 0.15) is 17.0 Å². The SMILES string of the molecule is Cc1ccccc1Nc1ncc(-c2ccc(Oc3ccccc3)cc2)c2c(N)n[nH]c12. The zero-order valence-corrected chi connectivity index (χ0v) is 17.0. The molecule has 0 aliphatic carbocycles. The minimum Gasteiger partial charge on any atom is -0.457 e. The molecule has 0 fully saturated rings. The van der Waals surface area contributed by atoms with E-state index in [1.165, 1.54) is 0 Å². The van der Waals surface area contributed by atoms with Crippen LogP contribution in [-0.4, -0.2) is 15.2 Å². The highest BCUT2D eigenvalue weighted by Gasteiger charge is 2.15. The third-order valence-corrected chi connectivity index (χ3v) is 5.17. The van der Waals surface area contributed by atoms with Gasteiger partial charge in [0.2, 0.25) is 0 Å². The summed E-state index contributed by atoms with van der Waals surface area (Å²) in [4.78, 5) is 4.65. The van der Waals surface area contributed by atoms with E-state index in [2.05, 4.69) is 20.5 Å². The second-order valence-electron chi connectivity index (χ2n) is 7.26. The third-order valence-electron chi connectivity index (χ3n) is 5.17. The van der Waals surface area contributed by atoms with Crippen LogP contribution in [0.2, 0.25) is 0 Å². The number of aromatic nitrogens is 3. The van der Waals surface area contributed by atoms with Gasteiger partial charge in [0.05, 0.1) is 5.39 Å². The molecule has 6 nitrogen and oxygen atoms in total. The summed E-state index contributed by atoms with van der Waals surface area (Å²) in [7, 11) is 0. The van der Waals surface area contributed by atoms with Crippen molar-refractivity contribution in [1.82, 2.24) is 15.2 Å². The van der Waals surface area contributed by atoms with Crippen molar-refractivity contribution in [2.45, 2.75) is 6.92 Å². The van der Waals surface area contributed by atoms with Crippen LogP contribution in [0.25, 0.3) is 22.0 Å². The lowest BCUT2D eigenvalue weighted by atomic mass is 10.0. The highest BCUT2D eigenvalue weighted by atomic mass is 16.5. The van der Waals surface area contributed by atoms with Crippen LogP contribution in [0.1, 0.15) is 5.56 Å². The number of ether oxygens (including phenoxy) is 1. The van der Waals surface area contributed by atoms with Crippen molar-refractivity contribution in [2.24, 2.45) is 0 Å². The maximum absolute atomic E-state index is 6.22. The number of fused-ring (bicyclic) bond motifs is 1. The first-order valence-corrected chi connectivity index (χ1v) is 9.97. The number of nitrogen functional groups attached to an aromatic ring is 1. The van der Waals surface area contributed by atoms with E-state index in [0.717, 1.165) is 44.8 Å². The summed E-state index contributed by atoms with van der Waals surface area (Å²) in [5.74, 6) is 2.67. The molecule has 0 saturated heterocycles. The number of nitrogens with two attached hydrogens (primary N) is 1. The van der Waals surface area contributed by atoms with Gasteiger partial charge in [-0.15, -0.1) is 0 Å². The maximum atomic E-state index is 6.22. The van der Waals surface area contributed by atoms with Crippen molar-refractivity contribution in [3.63, 3.8) is 0 Å². The molecular weight excluding hydrogens is 386 g/mol. The van der Waals surface area contributed by atoms with Crippen LogP contribution in [0, 0.1) is 6.92 Å². The fourth-order valence-electron chi connectivity index (χ4n) is 3.54. The summed E-state index contributed by atoms with van der Waals surface area (Å²) in [5, 5.41) is 11.5. The van der Waals surface area contributed by atoms with Crippen LogP contribution in [0.3, 0.4) is 0 Å². The quantitative estimate of drug-likeness (QED) is 0.330. The zero-order chi connectivity index (χ0) is 21.2. The van der Waals surface area contributed by atoms with E-state index in [1.54, 1.807) is 0 Å². The molecule has 0 amide bonds. The van der Waals surface area contributed by atoms with Crippen LogP contribution in [0.5, 0.6) is 11.5 Å². The number of anilines is 3. The standard InChI is InChI=1S/C25H21N5O/c1-16-7-5-6-10-21(16)28-25-23-22(24(26)30-29-23)20(15-27-25)17-11-13-19(14-12-17)31-18-8-3-2-4-9-18/h2-15H,1H3,(H,27,28)(H3,26,29,30). The van der Waals surface area contributed by atoms with Gasteiger partial charge in [0, 0.05) is 17.4 Å². The van der Waals surface area contributed by atoms with Gasteiger partial charge in [-0.2, -0.15) is 5.10 Å². The largest absolute Gasteiger partial charge is 0.457 e. The molecule has 3 aromatic carbocycles. The van der Waals surface area contributed by atoms with Gasteiger partial charge in [-0.1, -0.05) is 48.5 Å². The lowest BCUT2D eigenvalue weighted by Gasteiger charge is -2.12. The topological polar surface area (TPSA) is 88.8 Å². The molecule has 0 aliphatic heterocycles. The Bertz CT molecular complexity index is 1340. The number of hydrogen-bond acceptors (Lipinski definition) is 5. The Balaban J connectivity index is 1.49. The molecule has 2 aromatic heterocycles. The Hall–Kier alpha value is -4.32. The first-order valence-electron chi connectivity index (χ1n) is 9.97. The molecule has 0 aliphatic rings. The van der Waals surface area contributed by atoms with Gasteiger partial charge in [-0.3, -0.25) is 5.10 Å². The van der Waals surface area contributed by atoms with Gasteiger partial charge in [0.25, 0.3) is 0 Å². The molecule has 6 heteroatoms. The van der Waals surface area contributed by atoms with Gasteiger partial charge < -0.3 is 15.8 Å². The Morgan fingerprint density at radius 1 is 0.871 bits per heavy atom. The monoisotopic (exact) mass is 407 g/mol. The minimum atomic E-state index is 0.435. The van der Waals surface area contributed by atoms with E-state index in [4.69, 9.17) is 10.5 Å². The Kier molecular flexibility index (Phi) is 4.72. The molecule has 5 aromatic rings. The Morgan fingerprint density at radius 2 is 1.58 bits per heavy atom. The van der Waals surface area contributed by atoms with E-state index in [0.29, 0.717) is 11.6 Å². The van der Waals surface area contributed by atoms with Crippen molar-refractivity contribution in [3.8, 4) is 22.6 Å². The van der Waals surface area contributed by atoms with Gasteiger partial charge >= 0.3 is 0 Å². The smallest absolute Gasteiger partial charge is 0.156 e. The lowest BCUT2D eigenvalue weighted by Crippen LogP contribution is -1.98. The molecule has 0 bridgehead atoms. The summed E-state index contributed by atoms with van der Waals surface area (Å²) in [6.45, 7) is 2.05. The third kappa shape index (κ3) is 3.67. The fraction of sp³-hybridized carbons (Fsp3) is 0.0400. The van der Waals surface area contributed by atoms with Gasteiger partial charge in [-0.25, -0.2) is 4.98 Å². The number of H-pyrrole nitrogens is 1. The van der Waals surface area contributed by atoms with Crippen LogP contribution in [-0.2, 0) is 0 Å². The van der Waals surface area contributed by atoms with Crippen molar-refractivity contribution in [1.29, 1.82) is 0 Å². The Morgan fingerprint density at radius 3 is 2.35 bits per heavy atom. The van der Waals surface area contributed by atoms with Crippen LogP contribution in [0.4, 0.5) is 17.3 Å². The molecule has 4 N–H and O–H groups in total. The van der Waals surface area contributed by atoms with Crippen molar-refractivity contribution < 1.29 is 4.74 Å². The van der Waals surface area contributed by atoms with Crippen LogP contribution >= 0.6 is 0 Å². The number of benzene rings is 3. The molecule has 0 spiro atoms. The molecule has 5 rings (SSSR count). The highest BCUT2D eigenvalue weighted by molar-refractivity contribution is 6.06. The number of aromatic amines is 1. The number of pyridine rings is 1. The maximum Gasteiger partial charge on any atom is 0.156 e. The molecule has 0 saturated carbocycles. The number of hydrogen-bond donors (Lipinski definition) is 3. The zero-order valence-electron chi connectivity index (χ0n) is 17.0. The number of aryl methyl sites for hydroxylation is 1. The minimum absolute atomic E-state index is 0.435. The molecule has 152 valence electrons. The van der Waals surface area contributed by atoms with Crippen molar-refractivity contribution >= 4 is 28.2 Å². The molecule has 31 heavy (non-hydrogen) atoms. The summed E-state index contributed by atoms with van der Waals surface area (Å²) in [5.41, 5.74) is 11.0. The van der Waals surface area contributed by atoms with E-state index in [1.807, 2.05) is 92.0 Å². The molecule has 2 heterocycles. The summed E-state index contributed by atoms with van der Waals surface area (Å²) in [6.07, 6.45) is 1.82. The van der Waals surface area contributed by atoms with E-state index < -0.39 is 0 Å². The fourth-order valence-corrected chi connectivity index (χ4v) is 3.54. The predicted octanol–water partition coefficient (Wildman–Crippen LogP) is 6.05. The second kappa shape index (κ2) is 7.84. The molecule has 0 unspecified atom stereocenters. The van der Waals surface area contributed by atoms with Crippen molar-refractivity contribution in [3.05, 3.63) is 90.6 Å². The average Bonchev–Trinajstić information content (AvgIpc) is 3.19. The summed E-state index contributed by atoms with van der Waals surface area (Å²) in [6, 6.07) is 25.6. The molecular formula is C25H21N5O. The summed E-state index contributed by atoms with van der Waals surface area (Å²) >= 11 is 0. The number of para-hydroxylation sites is 2. The first-order chi connectivity index (χ1) is 15.2. The molecule has 0 radical (unpaired) electrons. The lowest BCUT2D eigenvalue weighted by molar-refractivity contribution is 0.483. The van der Waals surface area contributed by atoms with Crippen molar-refractivity contribution in [2.75, 3.05) is 11.1 Å². The highest BCUT2D eigenvalue weighted by Crippen LogP contribution is 2.36. The van der Waals surface area contributed by atoms with E-state index >= 15 is 0 Å². The van der Waals surface area contributed by atoms with Gasteiger partial charge in [-0.05, 0) is 48.4 Å². The first kappa shape index (κ1) is 18.7. The average molecular weight is 407 g/mol. The van der Waals surface area contributed by atoms with Crippen LogP contribution < -0.4 is 15.8 Å². The summed E-state index contributed by atoms with van der Waals surface area (Å²) < 4.78 is 5.89. The van der Waals surface area contributed by atoms with E-state index in [9.17, 15) is 0 Å². The van der Waals surface area contributed by atoms with E-state index in [-0.39, 0.29) is 0 Å².